The summed E-state index contributed by atoms with van der Waals surface area (Å²) in [6, 6.07) is 3.00. The van der Waals surface area contributed by atoms with E-state index in [2.05, 4.69) is 29.4 Å². The summed E-state index contributed by atoms with van der Waals surface area (Å²) in [6.07, 6.45) is 1.87. The number of hydrogen-bond acceptors (Lipinski definition) is 3. The topological polar surface area (TPSA) is 64.7 Å². The van der Waals surface area contributed by atoms with Gasteiger partial charge in [0.05, 0.1) is 5.69 Å². The molecular formula is C18H25FN4O2. The molecule has 0 saturated carbocycles. The molecule has 1 fully saturated rings. The first-order valence-electron chi connectivity index (χ1n) is 8.94. The predicted molar refractivity (Wildman–Crippen MR) is 95.3 cm³/mol. The van der Waals surface area contributed by atoms with E-state index in [1.807, 2.05) is 0 Å². The molecule has 2 aliphatic heterocycles. The first-order chi connectivity index (χ1) is 12.0. The third kappa shape index (κ3) is 3.76. The average Bonchev–Trinajstić information content (AvgIpc) is 3.07. The molecular weight excluding hydrogens is 323 g/mol. The molecule has 25 heavy (non-hydrogen) atoms. The Morgan fingerprint density at radius 1 is 1.36 bits per heavy atom. The second-order valence-corrected chi connectivity index (χ2v) is 6.58. The van der Waals surface area contributed by atoms with Crippen molar-refractivity contribution in [2.24, 2.45) is 0 Å². The molecule has 1 aromatic rings. The Labute approximate surface area is 147 Å². The minimum atomic E-state index is -0.534. The zero-order chi connectivity index (χ0) is 18.0. The smallest absolute Gasteiger partial charge is 0.321 e. The van der Waals surface area contributed by atoms with Crippen LogP contribution in [-0.2, 0) is 11.2 Å². The van der Waals surface area contributed by atoms with Crippen LogP contribution in [0.1, 0.15) is 32.3 Å². The second-order valence-electron chi connectivity index (χ2n) is 6.58. The molecule has 0 radical (unpaired) electrons. The normalized spacial score (nSPS) is 19.8. The van der Waals surface area contributed by atoms with Gasteiger partial charge in [0.1, 0.15) is 5.82 Å². The van der Waals surface area contributed by atoms with Gasteiger partial charge in [-0.2, -0.15) is 0 Å². The Morgan fingerprint density at radius 2 is 2.12 bits per heavy atom. The van der Waals surface area contributed by atoms with Crippen LogP contribution in [0.4, 0.5) is 20.6 Å². The number of nitrogens with zero attached hydrogens (tertiary/aromatic N) is 2. The Morgan fingerprint density at radius 3 is 2.84 bits per heavy atom. The number of amides is 3. The number of carbonyl (C=O) groups excluding carboxylic acids is 2. The lowest BCUT2D eigenvalue weighted by atomic mass is 10.0. The molecule has 1 saturated heterocycles. The van der Waals surface area contributed by atoms with E-state index in [0.29, 0.717) is 37.7 Å². The quantitative estimate of drug-likeness (QED) is 0.879. The standard InChI is InChI=1S/C18H25FN4O2/c1-3-22(4-2)13-7-8-23(11-13)18(25)21-16-9-12-5-6-17(24)20-15(12)10-14(16)19/h9-10,13H,3-8,11H2,1-2H3,(H,20,24)(H,21,25). The summed E-state index contributed by atoms with van der Waals surface area (Å²) in [5, 5.41) is 5.35. The number of fused-ring (bicyclic) bond motifs is 1. The highest BCUT2D eigenvalue weighted by Gasteiger charge is 2.29. The van der Waals surface area contributed by atoms with Crippen molar-refractivity contribution in [3.05, 3.63) is 23.5 Å². The second kappa shape index (κ2) is 7.39. The van der Waals surface area contributed by atoms with Crippen molar-refractivity contribution in [3.8, 4) is 0 Å². The summed E-state index contributed by atoms with van der Waals surface area (Å²) < 4.78 is 14.3. The minimum Gasteiger partial charge on any atom is -0.326 e. The molecule has 0 aromatic heterocycles. The van der Waals surface area contributed by atoms with Crippen molar-refractivity contribution in [2.45, 2.75) is 39.2 Å². The molecule has 6 nitrogen and oxygen atoms in total. The number of nitrogens with one attached hydrogen (secondary N) is 2. The molecule has 0 spiro atoms. The van der Waals surface area contributed by atoms with Crippen LogP contribution in [0.15, 0.2) is 12.1 Å². The van der Waals surface area contributed by atoms with Gasteiger partial charge in [0.2, 0.25) is 5.91 Å². The van der Waals surface area contributed by atoms with Gasteiger partial charge in [-0.25, -0.2) is 9.18 Å². The zero-order valence-corrected chi connectivity index (χ0v) is 14.8. The summed E-state index contributed by atoms with van der Waals surface area (Å²) in [6.45, 7) is 7.50. The summed E-state index contributed by atoms with van der Waals surface area (Å²) in [7, 11) is 0. The number of halogens is 1. The number of rotatable bonds is 4. The lowest BCUT2D eigenvalue weighted by Gasteiger charge is -2.26. The number of hydrogen-bond donors (Lipinski definition) is 2. The number of aryl methyl sites for hydroxylation is 1. The van der Waals surface area contributed by atoms with Crippen molar-refractivity contribution in [3.63, 3.8) is 0 Å². The molecule has 2 heterocycles. The van der Waals surface area contributed by atoms with Crippen LogP contribution in [0, 0.1) is 5.82 Å². The van der Waals surface area contributed by atoms with E-state index < -0.39 is 5.82 Å². The highest BCUT2D eigenvalue weighted by molar-refractivity contribution is 5.95. The van der Waals surface area contributed by atoms with Crippen LogP contribution < -0.4 is 10.6 Å². The maximum Gasteiger partial charge on any atom is 0.321 e. The predicted octanol–water partition coefficient (Wildman–Crippen LogP) is 2.66. The molecule has 3 rings (SSSR count). The van der Waals surface area contributed by atoms with E-state index in [1.165, 1.54) is 6.07 Å². The SMILES string of the molecule is CCN(CC)C1CCN(C(=O)Nc2cc3c(cc2F)NC(=O)CC3)C1. The number of likely N-dealkylation sites (N-methyl/N-ethyl adjacent to an activating group) is 1. The highest BCUT2D eigenvalue weighted by atomic mass is 19.1. The van der Waals surface area contributed by atoms with Crippen LogP contribution >= 0.6 is 0 Å². The Balaban J connectivity index is 1.67. The first-order valence-corrected chi connectivity index (χ1v) is 8.94. The Hall–Kier alpha value is -2.15. The number of anilines is 2. The van der Waals surface area contributed by atoms with Gasteiger partial charge in [0.15, 0.2) is 0 Å². The highest BCUT2D eigenvalue weighted by Crippen LogP contribution is 2.29. The van der Waals surface area contributed by atoms with E-state index in [1.54, 1.807) is 11.0 Å². The molecule has 1 aromatic carbocycles. The fourth-order valence-corrected chi connectivity index (χ4v) is 3.66. The summed E-state index contributed by atoms with van der Waals surface area (Å²) in [5.41, 5.74) is 1.51. The maximum absolute atomic E-state index is 14.3. The van der Waals surface area contributed by atoms with Gasteiger partial charge in [0, 0.05) is 31.2 Å². The zero-order valence-electron chi connectivity index (χ0n) is 14.8. The maximum atomic E-state index is 14.3. The molecule has 0 aliphatic carbocycles. The Kier molecular flexibility index (Phi) is 5.22. The van der Waals surface area contributed by atoms with E-state index in [-0.39, 0.29) is 17.6 Å². The van der Waals surface area contributed by atoms with Gasteiger partial charge in [-0.3, -0.25) is 9.69 Å². The third-order valence-electron chi connectivity index (χ3n) is 5.11. The lowest BCUT2D eigenvalue weighted by molar-refractivity contribution is -0.116. The molecule has 3 amide bonds. The molecule has 7 heteroatoms. The molecule has 136 valence electrons. The van der Waals surface area contributed by atoms with Crippen molar-refractivity contribution in [2.75, 3.05) is 36.8 Å². The van der Waals surface area contributed by atoms with Crippen molar-refractivity contribution in [1.82, 2.24) is 9.80 Å². The monoisotopic (exact) mass is 348 g/mol. The number of benzene rings is 1. The van der Waals surface area contributed by atoms with Gasteiger partial charge in [0.25, 0.3) is 0 Å². The molecule has 0 bridgehead atoms. The summed E-state index contributed by atoms with van der Waals surface area (Å²) >= 11 is 0. The summed E-state index contributed by atoms with van der Waals surface area (Å²) in [4.78, 5) is 28.0. The first kappa shape index (κ1) is 17.7. The van der Waals surface area contributed by atoms with Crippen LogP contribution in [0.2, 0.25) is 0 Å². The van der Waals surface area contributed by atoms with Gasteiger partial charge in [-0.05, 0) is 43.6 Å². The summed E-state index contributed by atoms with van der Waals surface area (Å²) in [5.74, 6) is -0.642. The number of likely N-dealkylation sites (tertiary alicyclic amines) is 1. The van der Waals surface area contributed by atoms with Gasteiger partial charge in [-0.15, -0.1) is 0 Å². The lowest BCUT2D eigenvalue weighted by Crippen LogP contribution is -2.40. The minimum absolute atomic E-state index is 0.108. The average molecular weight is 348 g/mol. The third-order valence-corrected chi connectivity index (χ3v) is 5.11. The van der Waals surface area contributed by atoms with Gasteiger partial charge in [-0.1, -0.05) is 13.8 Å². The molecule has 1 unspecified atom stereocenters. The van der Waals surface area contributed by atoms with E-state index in [0.717, 1.165) is 25.1 Å². The Bertz CT molecular complexity index is 675. The van der Waals surface area contributed by atoms with Crippen LogP contribution in [0.3, 0.4) is 0 Å². The van der Waals surface area contributed by atoms with Gasteiger partial charge < -0.3 is 15.5 Å². The number of urea groups is 1. The molecule has 1 atom stereocenters. The fraction of sp³-hybridized carbons (Fsp3) is 0.556. The van der Waals surface area contributed by atoms with Crippen molar-refractivity contribution in [1.29, 1.82) is 0 Å². The van der Waals surface area contributed by atoms with Crippen LogP contribution in [0.25, 0.3) is 0 Å². The molecule has 2 aliphatic rings. The van der Waals surface area contributed by atoms with E-state index >= 15 is 0 Å². The fourth-order valence-electron chi connectivity index (χ4n) is 3.66. The van der Waals surface area contributed by atoms with Crippen LogP contribution in [-0.4, -0.2) is 54.0 Å². The largest absolute Gasteiger partial charge is 0.326 e. The van der Waals surface area contributed by atoms with E-state index in [4.69, 9.17) is 0 Å². The van der Waals surface area contributed by atoms with Gasteiger partial charge >= 0.3 is 6.03 Å². The van der Waals surface area contributed by atoms with Crippen molar-refractivity contribution >= 4 is 23.3 Å². The van der Waals surface area contributed by atoms with E-state index in [9.17, 15) is 14.0 Å². The van der Waals surface area contributed by atoms with Crippen molar-refractivity contribution < 1.29 is 14.0 Å². The molecule has 2 N–H and O–H groups in total. The number of carbonyl (C=O) groups is 2. The van der Waals surface area contributed by atoms with Crippen LogP contribution in [0.5, 0.6) is 0 Å².